The van der Waals surface area contributed by atoms with Crippen molar-refractivity contribution in [2.24, 2.45) is 4.99 Å². The van der Waals surface area contributed by atoms with E-state index in [1.165, 1.54) is 19.4 Å². The number of benzene rings is 1. The summed E-state index contributed by atoms with van der Waals surface area (Å²) in [7, 11) is 0. The van der Waals surface area contributed by atoms with Gasteiger partial charge in [-0.2, -0.15) is 0 Å². The van der Waals surface area contributed by atoms with Crippen molar-refractivity contribution in [1.29, 1.82) is 0 Å². The van der Waals surface area contributed by atoms with Gasteiger partial charge in [0, 0.05) is 19.1 Å². The van der Waals surface area contributed by atoms with Gasteiger partial charge in [0.05, 0.1) is 18.8 Å². The van der Waals surface area contributed by atoms with E-state index in [4.69, 9.17) is 4.74 Å². The van der Waals surface area contributed by atoms with Crippen LogP contribution in [0.4, 0.5) is 0 Å². The van der Waals surface area contributed by atoms with E-state index in [9.17, 15) is 5.11 Å². The highest BCUT2D eigenvalue weighted by atomic mass is 16.5. The van der Waals surface area contributed by atoms with E-state index in [0.717, 1.165) is 36.9 Å². The highest BCUT2D eigenvalue weighted by molar-refractivity contribution is 5.79. The first-order chi connectivity index (χ1) is 13.0. The number of nitrogens with one attached hydrogen (secondary N) is 2. The second-order valence-electron chi connectivity index (χ2n) is 7.28. The van der Waals surface area contributed by atoms with Gasteiger partial charge in [-0.15, -0.1) is 0 Å². The SMILES string of the molecule is CCNC(=NCC(O)c1cccc(OC(C)C)c1)NCC1CCCN1CC. The Bertz CT molecular complexity index is 591. The average molecular weight is 377 g/mol. The fourth-order valence-electron chi connectivity index (χ4n) is 3.45. The number of guanidine groups is 1. The molecule has 0 aromatic heterocycles. The Morgan fingerprint density at radius 2 is 2.15 bits per heavy atom. The van der Waals surface area contributed by atoms with E-state index in [0.29, 0.717) is 12.6 Å². The van der Waals surface area contributed by atoms with E-state index in [1.807, 2.05) is 45.0 Å². The van der Waals surface area contributed by atoms with Crippen LogP contribution in [0, 0.1) is 0 Å². The van der Waals surface area contributed by atoms with Gasteiger partial charge in [-0.05, 0) is 64.4 Å². The number of aliphatic hydroxyl groups excluding tert-OH is 1. The van der Waals surface area contributed by atoms with Gasteiger partial charge in [0.25, 0.3) is 0 Å². The highest BCUT2D eigenvalue weighted by Gasteiger charge is 2.22. The molecule has 2 unspecified atom stereocenters. The lowest BCUT2D eigenvalue weighted by Crippen LogP contribution is -2.45. The number of rotatable bonds is 9. The maximum absolute atomic E-state index is 10.5. The van der Waals surface area contributed by atoms with E-state index in [-0.39, 0.29) is 6.10 Å². The van der Waals surface area contributed by atoms with Crippen LogP contribution in [0.1, 0.15) is 52.2 Å². The molecule has 1 aliphatic heterocycles. The Morgan fingerprint density at radius 3 is 2.85 bits per heavy atom. The molecule has 1 aliphatic rings. The lowest BCUT2D eigenvalue weighted by Gasteiger charge is -2.24. The summed E-state index contributed by atoms with van der Waals surface area (Å²) < 4.78 is 5.71. The minimum Gasteiger partial charge on any atom is -0.491 e. The Kier molecular flexibility index (Phi) is 8.88. The minimum absolute atomic E-state index is 0.109. The summed E-state index contributed by atoms with van der Waals surface area (Å²) in [5.41, 5.74) is 0.820. The highest BCUT2D eigenvalue weighted by Crippen LogP contribution is 2.20. The summed E-state index contributed by atoms with van der Waals surface area (Å²) in [5.74, 6) is 1.53. The molecule has 0 bridgehead atoms. The van der Waals surface area contributed by atoms with Crippen LogP contribution in [0.3, 0.4) is 0 Å². The summed E-state index contributed by atoms with van der Waals surface area (Å²) in [5, 5.41) is 17.2. The monoisotopic (exact) mass is 376 g/mol. The topological polar surface area (TPSA) is 69.1 Å². The first-order valence-electron chi connectivity index (χ1n) is 10.2. The van der Waals surface area contributed by atoms with Crippen molar-refractivity contribution in [1.82, 2.24) is 15.5 Å². The zero-order chi connectivity index (χ0) is 19.6. The lowest BCUT2D eigenvalue weighted by molar-refractivity contribution is 0.185. The van der Waals surface area contributed by atoms with E-state index in [2.05, 4.69) is 27.4 Å². The van der Waals surface area contributed by atoms with Gasteiger partial charge in [0.1, 0.15) is 5.75 Å². The van der Waals surface area contributed by atoms with Crippen molar-refractivity contribution >= 4 is 5.96 Å². The third kappa shape index (κ3) is 7.03. The molecule has 152 valence electrons. The fourth-order valence-corrected chi connectivity index (χ4v) is 3.45. The van der Waals surface area contributed by atoms with Crippen molar-refractivity contribution in [3.05, 3.63) is 29.8 Å². The third-order valence-corrected chi connectivity index (χ3v) is 4.79. The molecular weight excluding hydrogens is 340 g/mol. The first kappa shape index (κ1) is 21.5. The molecule has 1 aromatic rings. The number of hydrogen-bond acceptors (Lipinski definition) is 4. The molecule has 1 fully saturated rings. The molecule has 1 saturated heterocycles. The predicted octanol–water partition coefficient (Wildman–Crippen LogP) is 2.55. The molecule has 27 heavy (non-hydrogen) atoms. The molecule has 2 atom stereocenters. The number of ether oxygens (including phenoxy) is 1. The van der Waals surface area contributed by atoms with Gasteiger partial charge >= 0.3 is 0 Å². The standard InChI is InChI=1S/C21H36N4O2/c1-5-22-21(23-14-18-10-8-12-25(18)6-2)24-15-20(26)17-9-7-11-19(13-17)27-16(3)4/h7,9,11,13,16,18,20,26H,5-6,8,10,12,14-15H2,1-4H3,(H2,22,23,24). The van der Waals surface area contributed by atoms with Crippen LogP contribution >= 0.6 is 0 Å². The van der Waals surface area contributed by atoms with Crippen LogP contribution in [0.2, 0.25) is 0 Å². The van der Waals surface area contributed by atoms with Gasteiger partial charge in [0.2, 0.25) is 0 Å². The van der Waals surface area contributed by atoms with Crippen LogP contribution in [-0.4, -0.2) is 60.8 Å². The summed E-state index contributed by atoms with van der Waals surface area (Å²) in [6, 6.07) is 8.17. The maximum Gasteiger partial charge on any atom is 0.191 e. The fraction of sp³-hybridized carbons (Fsp3) is 0.667. The quantitative estimate of drug-likeness (QED) is 0.456. The molecule has 2 rings (SSSR count). The van der Waals surface area contributed by atoms with Gasteiger partial charge < -0.3 is 20.5 Å². The number of likely N-dealkylation sites (N-methyl/N-ethyl adjacent to an activating group) is 1. The largest absolute Gasteiger partial charge is 0.491 e. The van der Waals surface area contributed by atoms with Crippen LogP contribution in [0.15, 0.2) is 29.3 Å². The normalized spacial score (nSPS) is 19.3. The molecule has 0 spiro atoms. The van der Waals surface area contributed by atoms with Gasteiger partial charge in [-0.1, -0.05) is 19.1 Å². The predicted molar refractivity (Wildman–Crippen MR) is 111 cm³/mol. The van der Waals surface area contributed by atoms with Crippen molar-refractivity contribution in [3.8, 4) is 5.75 Å². The zero-order valence-electron chi connectivity index (χ0n) is 17.2. The van der Waals surface area contributed by atoms with Crippen LogP contribution < -0.4 is 15.4 Å². The maximum atomic E-state index is 10.5. The van der Waals surface area contributed by atoms with Crippen molar-refractivity contribution in [3.63, 3.8) is 0 Å². The van der Waals surface area contributed by atoms with Crippen LogP contribution in [0.5, 0.6) is 5.75 Å². The summed E-state index contributed by atoms with van der Waals surface area (Å²) in [6.45, 7) is 12.5. The first-order valence-corrected chi connectivity index (χ1v) is 10.2. The molecule has 0 aliphatic carbocycles. The summed E-state index contributed by atoms with van der Waals surface area (Å²) in [6.07, 6.45) is 1.94. The summed E-state index contributed by atoms with van der Waals surface area (Å²) >= 11 is 0. The minimum atomic E-state index is -0.658. The van der Waals surface area contributed by atoms with Gasteiger partial charge in [-0.25, -0.2) is 0 Å². The molecular formula is C21H36N4O2. The molecule has 6 nitrogen and oxygen atoms in total. The van der Waals surface area contributed by atoms with Crippen molar-refractivity contribution < 1.29 is 9.84 Å². The Balaban J connectivity index is 1.93. The van der Waals surface area contributed by atoms with E-state index >= 15 is 0 Å². The van der Waals surface area contributed by atoms with Gasteiger partial charge in [-0.3, -0.25) is 9.89 Å². The van der Waals surface area contributed by atoms with E-state index in [1.54, 1.807) is 0 Å². The lowest BCUT2D eigenvalue weighted by atomic mass is 10.1. The number of hydrogen-bond donors (Lipinski definition) is 3. The second-order valence-corrected chi connectivity index (χ2v) is 7.28. The molecule has 1 aromatic carbocycles. The summed E-state index contributed by atoms with van der Waals surface area (Å²) in [4.78, 5) is 7.08. The van der Waals surface area contributed by atoms with Crippen LogP contribution in [-0.2, 0) is 0 Å². The van der Waals surface area contributed by atoms with Crippen molar-refractivity contribution in [2.75, 3.05) is 32.7 Å². The molecule has 0 amide bonds. The number of likely N-dealkylation sites (tertiary alicyclic amines) is 1. The third-order valence-electron chi connectivity index (χ3n) is 4.79. The molecule has 6 heteroatoms. The van der Waals surface area contributed by atoms with Crippen LogP contribution in [0.25, 0.3) is 0 Å². The van der Waals surface area contributed by atoms with E-state index < -0.39 is 6.10 Å². The smallest absolute Gasteiger partial charge is 0.191 e. The molecule has 0 saturated carbocycles. The Morgan fingerprint density at radius 1 is 1.33 bits per heavy atom. The molecule has 0 radical (unpaired) electrons. The van der Waals surface area contributed by atoms with Crippen molar-refractivity contribution in [2.45, 2.75) is 58.8 Å². The van der Waals surface area contributed by atoms with Gasteiger partial charge in [0.15, 0.2) is 5.96 Å². The Labute approximate surface area is 164 Å². The average Bonchev–Trinajstić information content (AvgIpc) is 3.11. The molecule has 3 N–H and O–H groups in total. The number of aliphatic hydroxyl groups is 1. The number of aliphatic imine (C=N–C) groups is 1. The Hall–Kier alpha value is -1.79. The molecule has 1 heterocycles. The zero-order valence-corrected chi connectivity index (χ0v) is 17.2. The second kappa shape index (κ2) is 11.1. The number of nitrogens with zero attached hydrogens (tertiary/aromatic N) is 2.